The van der Waals surface area contributed by atoms with Crippen molar-refractivity contribution in [3.63, 3.8) is 0 Å². The molecule has 0 aromatic carbocycles. The van der Waals surface area contributed by atoms with E-state index in [9.17, 15) is 0 Å². The van der Waals surface area contributed by atoms with E-state index in [4.69, 9.17) is 15.0 Å². The molecule has 1 radical (unpaired) electrons. The first kappa shape index (κ1) is 22.7. The Morgan fingerprint density at radius 1 is 1.29 bits per heavy atom. The van der Waals surface area contributed by atoms with E-state index in [0.29, 0.717) is 0 Å². The summed E-state index contributed by atoms with van der Waals surface area (Å²) in [5, 5.41) is 13.9. The molecule has 0 atom stereocenters. The summed E-state index contributed by atoms with van der Waals surface area (Å²) >= 11 is 0. The van der Waals surface area contributed by atoms with Crippen LogP contribution in [0.4, 0.5) is 4.79 Å². The van der Waals surface area contributed by atoms with Crippen molar-refractivity contribution in [1.29, 1.82) is 0 Å². The molecular formula is CH4LaNiO3Sr. The van der Waals surface area contributed by atoms with Crippen molar-refractivity contribution < 1.29 is 67.1 Å². The predicted molar refractivity (Wildman–Crippen MR) is 19.2 cm³/mol. The van der Waals surface area contributed by atoms with Crippen molar-refractivity contribution in [1.82, 2.24) is 0 Å². The molecule has 0 saturated heterocycles. The van der Waals surface area contributed by atoms with Crippen LogP contribution < -0.4 is 0 Å². The average Bonchev–Trinajstić information content (AvgIpc) is 0.811. The summed E-state index contributed by atoms with van der Waals surface area (Å²) in [6.45, 7) is 0. The number of carboxylic acid groups (broad SMARTS) is 2. The van der Waals surface area contributed by atoms with E-state index in [2.05, 4.69) is 0 Å². The molecule has 0 unspecified atom stereocenters. The summed E-state index contributed by atoms with van der Waals surface area (Å²) in [5.41, 5.74) is 0. The van der Waals surface area contributed by atoms with Crippen LogP contribution in [0, 0.1) is 35.6 Å². The first-order valence-electron chi connectivity index (χ1n) is 0.651. The minimum absolute atomic E-state index is 0. The Bertz CT molecular complexity index is 37.9. The van der Waals surface area contributed by atoms with E-state index in [1.54, 1.807) is 0 Å². The van der Waals surface area contributed by atoms with Crippen LogP contribution in [-0.2, 0) is 16.5 Å². The van der Waals surface area contributed by atoms with E-state index in [1.165, 1.54) is 0 Å². The molecule has 41 valence electrons. The molecule has 3 nitrogen and oxygen atoms in total. The van der Waals surface area contributed by atoms with Crippen LogP contribution in [-0.4, -0.2) is 61.9 Å². The van der Waals surface area contributed by atoms with Gasteiger partial charge in [0.2, 0.25) is 0 Å². The van der Waals surface area contributed by atoms with Crippen LogP contribution in [0.15, 0.2) is 0 Å². The normalized spacial score (nSPS) is 3.43. The van der Waals surface area contributed by atoms with Crippen molar-refractivity contribution in [3.05, 3.63) is 0 Å². The van der Waals surface area contributed by atoms with Gasteiger partial charge in [-0.05, 0) is 0 Å². The molecule has 0 heterocycles. The monoisotopic (exact) mass is 349 g/mol. The Balaban J connectivity index is -0.0000000150. The standard InChI is InChI=1S/CH2O3.La.Ni.Sr.2H/c2-1(3)4;;;;;/h(H2,2,3,4);;;;;. The van der Waals surface area contributed by atoms with Gasteiger partial charge >= 0.3 is 51.6 Å². The Morgan fingerprint density at radius 3 is 1.29 bits per heavy atom. The Hall–Kier alpha value is 2.44. The first-order valence-corrected chi connectivity index (χ1v) is 0.651. The Kier molecular flexibility index (Phi) is 51.2. The van der Waals surface area contributed by atoms with Gasteiger partial charge in [-0.2, -0.15) is 0 Å². The molecular weight excluding hydrogens is 345 g/mol. The van der Waals surface area contributed by atoms with Gasteiger partial charge < -0.3 is 10.2 Å². The van der Waals surface area contributed by atoms with Gasteiger partial charge in [0.1, 0.15) is 0 Å². The summed E-state index contributed by atoms with van der Waals surface area (Å²) in [4.78, 5) is 8.56. The van der Waals surface area contributed by atoms with Crippen molar-refractivity contribution in [2.75, 3.05) is 0 Å². The fourth-order valence-corrected chi connectivity index (χ4v) is 0. The minimum atomic E-state index is -1.83. The maximum atomic E-state index is 8.56. The fraction of sp³-hybridized carbons (Fsp3) is 0. The summed E-state index contributed by atoms with van der Waals surface area (Å²) in [6.07, 6.45) is -1.83. The van der Waals surface area contributed by atoms with Crippen molar-refractivity contribution in [3.8, 4) is 0 Å². The zero-order valence-corrected chi connectivity index (χ0v) is 7.31. The van der Waals surface area contributed by atoms with Gasteiger partial charge in [-0.25, -0.2) is 4.79 Å². The van der Waals surface area contributed by atoms with E-state index >= 15 is 0 Å². The summed E-state index contributed by atoms with van der Waals surface area (Å²) < 4.78 is 0. The molecule has 0 bridgehead atoms. The van der Waals surface area contributed by atoms with Gasteiger partial charge in [0.05, 0.1) is 0 Å². The molecule has 0 aliphatic heterocycles. The van der Waals surface area contributed by atoms with Gasteiger partial charge in [0, 0.05) is 52.1 Å². The average molecular weight is 349 g/mol. The second-order valence-electron chi connectivity index (χ2n) is 0.283. The molecule has 0 aromatic heterocycles. The SMILES string of the molecule is O=C(O)O.[La].[Ni].[SrH2]. The molecule has 0 fully saturated rings. The Morgan fingerprint density at radius 2 is 1.29 bits per heavy atom. The third-order valence-electron chi connectivity index (χ3n) is 0. The number of hydrogen-bond acceptors (Lipinski definition) is 1. The molecule has 6 heteroatoms. The molecule has 2 N–H and O–H groups in total. The van der Waals surface area contributed by atoms with Gasteiger partial charge in [-0.1, -0.05) is 0 Å². The zero-order valence-electron chi connectivity index (χ0n) is 2.70. The molecule has 0 spiro atoms. The van der Waals surface area contributed by atoms with Crippen LogP contribution in [0.5, 0.6) is 0 Å². The first-order chi connectivity index (χ1) is 1.73. The van der Waals surface area contributed by atoms with Gasteiger partial charge in [0.15, 0.2) is 0 Å². The molecule has 0 amide bonds. The summed E-state index contributed by atoms with van der Waals surface area (Å²) in [5.74, 6) is 0. The van der Waals surface area contributed by atoms with Gasteiger partial charge in [0.25, 0.3) is 0 Å². The molecule has 7 heavy (non-hydrogen) atoms. The van der Waals surface area contributed by atoms with E-state index in [-0.39, 0.29) is 97.6 Å². The molecule has 0 aliphatic rings. The third kappa shape index (κ3) is 58.8. The maximum absolute atomic E-state index is 8.56. The zero-order chi connectivity index (χ0) is 3.58. The van der Waals surface area contributed by atoms with Crippen molar-refractivity contribution in [2.24, 2.45) is 0 Å². The summed E-state index contributed by atoms with van der Waals surface area (Å²) in [7, 11) is 0. The Labute approximate surface area is 116 Å². The van der Waals surface area contributed by atoms with Crippen LogP contribution in [0.2, 0.25) is 0 Å². The predicted octanol–water partition coefficient (Wildman–Crippen LogP) is -0.696. The van der Waals surface area contributed by atoms with Crippen LogP contribution in [0.3, 0.4) is 0 Å². The number of carbonyl (C=O) groups is 1. The number of hydrogen-bond donors (Lipinski definition) is 2. The molecule has 0 saturated carbocycles. The van der Waals surface area contributed by atoms with Crippen molar-refractivity contribution >= 4 is 51.6 Å². The number of rotatable bonds is 0. The van der Waals surface area contributed by atoms with E-state index in [1.807, 2.05) is 0 Å². The quantitative estimate of drug-likeness (QED) is 0.569. The fourth-order valence-electron chi connectivity index (χ4n) is 0. The summed E-state index contributed by atoms with van der Waals surface area (Å²) in [6, 6.07) is 0. The topological polar surface area (TPSA) is 57.5 Å². The third-order valence-corrected chi connectivity index (χ3v) is 0. The molecule has 0 rings (SSSR count). The van der Waals surface area contributed by atoms with Crippen LogP contribution in [0.1, 0.15) is 0 Å². The van der Waals surface area contributed by atoms with Crippen LogP contribution in [0.25, 0.3) is 0 Å². The van der Waals surface area contributed by atoms with Gasteiger partial charge in [-0.3, -0.25) is 0 Å². The second kappa shape index (κ2) is 15.8. The van der Waals surface area contributed by atoms with Crippen LogP contribution >= 0.6 is 0 Å². The molecule has 0 aliphatic carbocycles. The van der Waals surface area contributed by atoms with E-state index < -0.39 is 6.16 Å². The van der Waals surface area contributed by atoms with E-state index in [0.717, 1.165) is 0 Å². The molecule has 0 aromatic rings. The second-order valence-corrected chi connectivity index (χ2v) is 0.283. The van der Waals surface area contributed by atoms with Gasteiger partial charge in [-0.15, -0.1) is 0 Å². The van der Waals surface area contributed by atoms with Crippen molar-refractivity contribution in [2.45, 2.75) is 0 Å².